The van der Waals surface area contributed by atoms with Crippen LogP contribution >= 0.6 is 11.6 Å². The van der Waals surface area contributed by atoms with Crippen molar-refractivity contribution in [3.63, 3.8) is 0 Å². The molecule has 2 heterocycles. The lowest BCUT2D eigenvalue weighted by atomic mass is 10.1. The summed E-state index contributed by atoms with van der Waals surface area (Å²) in [7, 11) is 0. The summed E-state index contributed by atoms with van der Waals surface area (Å²) in [6.07, 6.45) is 1.80. The molecule has 0 spiro atoms. The van der Waals surface area contributed by atoms with Crippen LogP contribution in [0.2, 0.25) is 5.02 Å². The molecule has 0 amide bonds. The maximum atomic E-state index is 6.47. The molecule has 0 aliphatic rings. The second-order valence-corrected chi connectivity index (χ2v) is 7.10. The van der Waals surface area contributed by atoms with Gasteiger partial charge in [-0.05, 0) is 55.0 Å². The molecule has 5 nitrogen and oxygen atoms in total. The molecule has 2 aromatic heterocycles. The first-order chi connectivity index (χ1) is 13.7. The molecule has 0 saturated heterocycles. The summed E-state index contributed by atoms with van der Waals surface area (Å²) in [5, 5.41) is 13.1. The van der Waals surface area contributed by atoms with Crippen LogP contribution in [0.3, 0.4) is 0 Å². The maximum absolute atomic E-state index is 6.47. The van der Waals surface area contributed by atoms with Crippen LogP contribution in [0.15, 0.2) is 66.9 Å². The molecule has 0 fully saturated rings. The third-order valence-electron chi connectivity index (χ3n) is 4.67. The van der Waals surface area contributed by atoms with E-state index in [1.54, 1.807) is 6.20 Å². The van der Waals surface area contributed by atoms with Crippen LogP contribution in [0.4, 0.5) is 11.5 Å². The number of hydrogen-bond acceptors (Lipinski definition) is 4. The maximum Gasteiger partial charge on any atom is 0.163 e. The van der Waals surface area contributed by atoms with Gasteiger partial charge in [0.1, 0.15) is 5.82 Å². The van der Waals surface area contributed by atoms with Gasteiger partial charge in [-0.15, -0.1) is 0 Å². The minimum atomic E-state index is 0.593. The quantitative estimate of drug-likeness (QED) is 0.407. The van der Waals surface area contributed by atoms with Gasteiger partial charge < -0.3 is 5.32 Å². The molecule has 3 aromatic carbocycles. The van der Waals surface area contributed by atoms with Crippen molar-refractivity contribution in [1.82, 2.24) is 20.2 Å². The van der Waals surface area contributed by atoms with Crippen molar-refractivity contribution in [3.05, 3.63) is 77.4 Å². The number of H-pyrrole nitrogens is 1. The molecule has 5 aromatic rings. The van der Waals surface area contributed by atoms with Gasteiger partial charge >= 0.3 is 0 Å². The van der Waals surface area contributed by atoms with Gasteiger partial charge in [0.25, 0.3) is 0 Å². The average Bonchev–Trinajstić information content (AvgIpc) is 3.16. The minimum Gasteiger partial charge on any atom is -0.340 e. The van der Waals surface area contributed by atoms with Gasteiger partial charge in [0, 0.05) is 22.0 Å². The summed E-state index contributed by atoms with van der Waals surface area (Å²) in [5.41, 5.74) is 4.69. The molecule has 5 rings (SSSR count). The van der Waals surface area contributed by atoms with Crippen LogP contribution in [0, 0.1) is 6.92 Å². The highest BCUT2D eigenvalue weighted by Gasteiger charge is 2.12. The third kappa shape index (κ3) is 2.96. The first kappa shape index (κ1) is 16.7. The van der Waals surface area contributed by atoms with Crippen LogP contribution < -0.4 is 5.32 Å². The van der Waals surface area contributed by atoms with Crippen molar-refractivity contribution >= 4 is 44.9 Å². The van der Waals surface area contributed by atoms with E-state index in [4.69, 9.17) is 21.6 Å². The summed E-state index contributed by atoms with van der Waals surface area (Å²) < 4.78 is 0. The molecule has 0 atom stereocenters. The molecule has 0 saturated carbocycles. The van der Waals surface area contributed by atoms with Crippen LogP contribution in [0.5, 0.6) is 0 Å². The molecule has 28 heavy (non-hydrogen) atoms. The van der Waals surface area contributed by atoms with Crippen LogP contribution in [0.25, 0.3) is 33.2 Å². The molecule has 2 N–H and O–H groups in total. The Hall–Kier alpha value is -3.44. The highest BCUT2D eigenvalue weighted by molar-refractivity contribution is 6.33. The number of aromatic nitrogens is 4. The monoisotopic (exact) mass is 385 g/mol. The van der Waals surface area contributed by atoms with Gasteiger partial charge in [-0.2, -0.15) is 5.10 Å². The number of benzene rings is 3. The highest BCUT2D eigenvalue weighted by Crippen LogP contribution is 2.31. The zero-order valence-electron chi connectivity index (χ0n) is 15.1. The van der Waals surface area contributed by atoms with Crippen LogP contribution in [-0.4, -0.2) is 20.2 Å². The van der Waals surface area contributed by atoms with Gasteiger partial charge in [-0.3, -0.25) is 5.10 Å². The fourth-order valence-corrected chi connectivity index (χ4v) is 3.57. The standard InChI is InChI=1S/C22H16ClN5/c1-13-6-8-16(18(23)10-13)21-26-20-5-3-2-4-17(20)22(27-21)25-15-7-9-19-14(11-15)12-24-28-19/h2-12H,1H3,(H,24,28)(H,25,26,27). The lowest BCUT2D eigenvalue weighted by Crippen LogP contribution is -1.99. The molecule has 0 unspecified atom stereocenters. The van der Waals surface area contributed by atoms with Gasteiger partial charge in [0.05, 0.1) is 22.3 Å². The molecular weight excluding hydrogens is 370 g/mol. The number of halogens is 1. The Morgan fingerprint density at radius 1 is 0.964 bits per heavy atom. The third-order valence-corrected chi connectivity index (χ3v) is 4.98. The molecule has 0 bridgehead atoms. The summed E-state index contributed by atoms with van der Waals surface area (Å²) in [5.74, 6) is 1.33. The second kappa shape index (κ2) is 6.62. The lowest BCUT2D eigenvalue weighted by molar-refractivity contribution is 1.12. The number of aryl methyl sites for hydroxylation is 1. The molecule has 0 aliphatic carbocycles. The second-order valence-electron chi connectivity index (χ2n) is 6.69. The van der Waals surface area contributed by atoms with Crippen LogP contribution in [-0.2, 0) is 0 Å². The fraction of sp³-hybridized carbons (Fsp3) is 0.0455. The topological polar surface area (TPSA) is 66.5 Å². The number of aromatic amines is 1. The SMILES string of the molecule is Cc1ccc(-c2nc(Nc3ccc4[nH]ncc4c3)c3ccccc3n2)c(Cl)c1. The number of fused-ring (bicyclic) bond motifs is 2. The Kier molecular flexibility index (Phi) is 3.95. The van der Waals surface area contributed by atoms with E-state index >= 15 is 0 Å². The van der Waals surface area contributed by atoms with Crippen LogP contribution in [0.1, 0.15) is 5.56 Å². The van der Waals surface area contributed by atoms with Gasteiger partial charge in [-0.1, -0.05) is 29.8 Å². The van der Waals surface area contributed by atoms with Gasteiger partial charge in [-0.25, -0.2) is 9.97 Å². The summed E-state index contributed by atoms with van der Waals surface area (Å²) in [6.45, 7) is 2.01. The first-order valence-electron chi connectivity index (χ1n) is 8.91. The fourth-order valence-electron chi connectivity index (χ4n) is 3.25. The van der Waals surface area contributed by atoms with Crippen molar-refractivity contribution in [2.45, 2.75) is 6.92 Å². The zero-order chi connectivity index (χ0) is 19.1. The minimum absolute atomic E-state index is 0.593. The van der Waals surface area contributed by atoms with E-state index in [2.05, 4.69) is 15.5 Å². The van der Waals surface area contributed by atoms with Crippen molar-refractivity contribution in [2.75, 3.05) is 5.32 Å². The van der Waals surface area contributed by atoms with E-state index in [-0.39, 0.29) is 0 Å². The number of rotatable bonds is 3. The lowest BCUT2D eigenvalue weighted by Gasteiger charge is -2.12. The van der Waals surface area contributed by atoms with E-state index in [1.807, 2.05) is 67.6 Å². The summed E-state index contributed by atoms with van der Waals surface area (Å²) >= 11 is 6.47. The van der Waals surface area contributed by atoms with E-state index in [0.717, 1.165) is 44.4 Å². The number of nitrogens with zero attached hydrogens (tertiary/aromatic N) is 3. The van der Waals surface area contributed by atoms with E-state index in [0.29, 0.717) is 10.8 Å². The largest absolute Gasteiger partial charge is 0.340 e. The zero-order valence-corrected chi connectivity index (χ0v) is 15.8. The Balaban J connectivity index is 1.66. The first-order valence-corrected chi connectivity index (χ1v) is 9.29. The number of nitrogens with one attached hydrogen (secondary N) is 2. The Bertz CT molecular complexity index is 1330. The Labute approximate surface area is 166 Å². The van der Waals surface area contributed by atoms with Crippen molar-refractivity contribution < 1.29 is 0 Å². The van der Waals surface area contributed by atoms with Crippen molar-refractivity contribution in [3.8, 4) is 11.4 Å². The van der Waals surface area contributed by atoms with Gasteiger partial charge in [0.15, 0.2) is 5.82 Å². The molecule has 6 heteroatoms. The van der Waals surface area contributed by atoms with Gasteiger partial charge in [0.2, 0.25) is 0 Å². The Morgan fingerprint density at radius 2 is 1.86 bits per heavy atom. The predicted molar refractivity (Wildman–Crippen MR) is 114 cm³/mol. The Morgan fingerprint density at radius 3 is 2.75 bits per heavy atom. The average molecular weight is 386 g/mol. The molecule has 136 valence electrons. The number of para-hydroxylation sites is 1. The summed E-state index contributed by atoms with van der Waals surface area (Å²) in [4.78, 5) is 9.52. The van der Waals surface area contributed by atoms with Crippen molar-refractivity contribution in [1.29, 1.82) is 0 Å². The van der Waals surface area contributed by atoms with E-state index in [1.165, 1.54) is 0 Å². The normalized spacial score (nSPS) is 11.2. The number of anilines is 2. The molecule has 0 radical (unpaired) electrons. The molecular formula is C22H16ClN5. The highest BCUT2D eigenvalue weighted by atomic mass is 35.5. The van der Waals surface area contributed by atoms with E-state index < -0.39 is 0 Å². The predicted octanol–water partition coefficient (Wildman–Crippen LogP) is 5.88. The van der Waals surface area contributed by atoms with Crippen molar-refractivity contribution in [2.24, 2.45) is 0 Å². The van der Waals surface area contributed by atoms with E-state index in [9.17, 15) is 0 Å². The smallest absolute Gasteiger partial charge is 0.163 e. The number of hydrogen-bond donors (Lipinski definition) is 2. The summed E-state index contributed by atoms with van der Waals surface area (Å²) in [6, 6.07) is 19.9. The molecule has 0 aliphatic heterocycles.